The van der Waals surface area contributed by atoms with E-state index in [1.54, 1.807) is 0 Å². The van der Waals surface area contributed by atoms with Crippen molar-refractivity contribution in [3.05, 3.63) is 0 Å². The first kappa shape index (κ1) is 12.0. The average molecular weight is 235 g/mol. The van der Waals surface area contributed by atoms with Gasteiger partial charge in [0.05, 0.1) is 17.4 Å². The molecule has 1 amide bonds. The highest BCUT2D eigenvalue weighted by atomic mass is 32.2. The number of carboxylic acids is 1. The van der Waals surface area contributed by atoms with Crippen molar-refractivity contribution in [2.75, 3.05) is 11.5 Å². The van der Waals surface area contributed by atoms with Crippen LogP contribution in [0.1, 0.15) is 13.3 Å². The third-order valence-corrected chi connectivity index (χ3v) is 4.10. The summed E-state index contributed by atoms with van der Waals surface area (Å²) in [5.41, 5.74) is 0. The minimum Gasteiger partial charge on any atom is -0.480 e. The Morgan fingerprint density at radius 2 is 2.07 bits per heavy atom. The Hall–Kier alpha value is -1.11. The van der Waals surface area contributed by atoms with Gasteiger partial charge < -0.3 is 10.4 Å². The molecule has 0 saturated carbocycles. The van der Waals surface area contributed by atoms with Crippen molar-refractivity contribution in [1.82, 2.24) is 5.32 Å². The van der Waals surface area contributed by atoms with Crippen molar-refractivity contribution >= 4 is 21.7 Å². The second-order valence-electron chi connectivity index (χ2n) is 3.67. The first-order chi connectivity index (χ1) is 6.82. The van der Waals surface area contributed by atoms with E-state index in [1.165, 1.54) is 6.92 Å². The SMILES string of the molecule is C[C@@H](NC(=O)C1CCS(=O)(=O)C1)C(=O)O. The molecule has 1 rings (SSSR count). The Labute approximate surface area is 87.6 Å². The van der Waals surface area contributed by atoms with E-state index >= 15 is 0 Å². The highest BCUT2D eigenvalue weighted by Crippen LogP contribution is 2.18. The van der Waals surface area contributed by atoms with Crippen LogP contribution in [-0.4, -0.2) is 42.9 Å². The molecule has 1 heterocycles. The average Bonchev–Trinajstić information content (AvgIpc) is 2.45. The minimum atomic E-state index is -3.10. The van der Waals surface area contributed by atoms with Crippen LogP contribution in [0.2, 0.25) is 0 Å². The van der Waals surface area contributed by atoms with E-state index in [0.29, 0.717) is 0 Å². The summed E-state index contributed by atoms with van der Waals surface area (Å²) in [7, 11) is -3.10. The summed E-state index contributed by atoms with van der Waals surface area (Å²) in [6, 6.07) is -0.985. The molecule has 1 saturated heterocycles. The summed E-state index contributed by atoms with van der Waals surface area (Å²) in [6.07, 6.45) is 0.278. The normalized spacial score (nSPS) is 25.8. The molecule has 1 aliphatic heterocycles. The molecule has 1 fully saturated rings. The van der Waals surface area contributed by atoms with Crippen molar-refractivity contribution in [3.8, 4) is 0 Å². The highest BCUT2D eigenvalue weighted by Gasteiger charge is 2.33. The van der Waals surface area contributed by atoms with E-state index in [0.717, 1.165) is 0 Å². The Bertz CT molecular complexity index is 374. The van der Waals surface area contributed by atoms with Crippen LogP contribution < -0.4 is 5.32 Å². The highest BCUT2D eigenvalue weighted by molar-refractivity contribution is 7.91. The van der Waals surface area contributed by atoms with Crippen LogP contribution in [0, 0.1) is 5.92 Å². The third-order valence-electron chi connectivity index (χ3n) is 2.33. The lowest BCUT2D eigenvalue weighted by molar-refractivity contribution is -0.141. The van der Waals surface area contributed by atoms with Gasteiger partial charge in [0.2, 0.25) is 5.91 Å². The lowest BCUT2D eigenvalue weighted by Crippen LogP contribution is -2.42. The number of carbonyl (C=O) groups excluding carboxylic acids is 1. The van der Waals surface area contributed by atoms with E-state index in [2.05, 4.69) is 5.32 Å². The predicted molar refractivity (Wildman–Crippen MR) is 52.0 cm³/mol. The number of amides is 1. The van der Waals surface area contributed by atoms with Gasteiger partial charge in [0.1, 0.15) is 6.04 Å². The molecular weight excluding hydrogens is 222 g/mol. The largest absolute Gasteiger partial charge is 0.480 e. The topological polar surface area (TPSA) is 101 Å². The maximum atomic E-state index is 11.4. The Balaban J connectivity index is 2.53. The number of carboxylic acid groups (broad SMARTS) is 1. The van der Waals surface area contributed by atoms with Gasteiger partial charge in [-0.2, -0.15) is 0 Å². The van der Waals surface area contributed by atoms with Gasteiger partial charge in [0.15, 0.2) is 9.84 Å². The maximum absolute atomic E-state index is 11.4. The predicted octanol–water partition coefficient (Wildman–Crippen LogP) is -0.990. The summed E-state index contributed by atoms with van der Waals surface area (Å²) in [5.74, 6) is -2.40. The Kier molecular flexibility index (Phi) is 3.33. The second-order valence-corrected chi connectivity index (χ2v) is 5.90. The fraction of sp³-hybridized carbons (Fsp3) is 0.750. The van der Waals surface area contributed by atoms with Crippen LogP contribution in [0.25, 0.3) is 0 Å². The van der Waals surface area contributed by atoms with Gasteiger partial charge >= 0.3 is 5.97 Å². The number of hydrogen-bond donors (Lipinski definition) is 2. The van der Waals surface area contributed by atoms with Crippen LogP contribution >= 0.6 is 0 Å². The molecule has 0 aromatic rings. The first-order valence-corrected chi connectivity index (χ1v) is 6.37. The number of carbonyl (C=O) groups is 2. The number of nitrogens with one attached hydrogen (secondary N) is 1. The standard InChI is InChI=1S/C8H13NO5S/c1-5(8(11)12)9-7(10)6-2-3-15(13,14)4-6/h5-6H,2-4H2,1H3,(H,9,10)(H,11,12)/t5-,6?/m1/s1. The number of rotatable bonds is 3. The van der Waals surface area contributed by atoms with Crippen molar-refractivity contribution in [1.29, 1.82) is 0 Å². The smallest absolute Gasteiger partial charge is 0.325 e. The van der Waals surface area contributed by atoms with Crippen LogP contribution in [0.15, 0.2) is 0 Å². The fourth-order valence-corrected chi connectivity index (χ4v) is 3.14. The first-order valence-electron chi connectivity index (χ1n) is 4.55. The molecule has 2 N–H and O–H groups in total. The van der Waals surface area contributed by atoms with E-state index < -0.39 is 33.7 Å². The Morgan fingerprint density at radius 1 is 1.47 bits per heavy atom. The van der Waals surface area contributed by atoms with Crippen molar-refractivity contribution in [2.45, 2.75) is 19.4 Å². The zero-order valence-electron chi connectivity index (χ0n) is 8.26. The number of aliphatic carboxylic acids is 1. The van der Waals surface area contributed by atoms with Crippen molar-refractivity contribution in [3.63, 3.8) is 0 Å². The molecule has 1 unspecified atom stereocenters. The zero-order valence-corrected chi connectivity index (χ0v) is 9.08. The zero-order chi connectivity index (χ0) is 11.6. The molecule has 0 aromatic carbocycles. The minimum absolute atomic E-state index is 0.00649. The lowest BCUT2D eigenvalue weighted by atomic mass is 10.1. The Morgan fingerprint density at radius 3 is 2.47 bits per heavy atom. The second kappa shape index (κ2) is 4.18. The molecule has 0 aromatic heterocycles. The van der Waals surface area contributed by atoms with Crippen LogP contribution in [-0.2, 0) is 19.4 Å². The number of sulfone groups is 1. The van der Waals surface area contributed by atoms with Gasteiger partial charge in [-0.1, -0.05) is 0 Å². The molecule has 7 heteroatoms. The molecule has 2 atom stereocenters. The van der Waals surface area contributed by atoms with Crippen LogP contribution in [0.3, 0.4) is 0 Å². The van der Waals surface area contributed by atoms with E-state index in [9.17, 15) is 18.0 Å². The fourth-order valence-electron chi connectivity index (χ4n) is 1.39. The van der Waals surface area contributed by atoms with Gasteiger partial charge in [-0.25, -0.2) is 8.42 Å². The van der Waals surface area contributed by atoms with Gasteiger partial charge in [-0.15, -0.1) is 0 Å². The molecule has 0 aliphatic carbocycles. The molecule has 1 aliphatic rings. The number of hydrogen-bond acceptors (Lipinski definition) is 4. The van der Waals surface area contributed by atoms with E-state index in [-0.39, 0.29) is 17.9 Å². The van der Waals surface area contributed by atoms with Gasteiger partial charge in [0.25, 0.3) is 0 Å². The molecule has 86 valence electrons. The summed E-state index contributed by atoms with van der Waals surface area (Å²) < 4.78 is 22.1. The van der Waals surface area contributed by atoms with Crippen LogP contribution in [0.5, 0.6) is 0 Å². The molecule has 15 heavy (non-hydrogen) atoms. The summed E-state index contributed by atoms with van der Waals surface area (Å²) in [4.78, 5) is 21.9. The lowest BCUT2D eigenvalue weighted by Gasteiger charge is -2.12. The van der Waals surface area contributed by atoms with Crippen molar-refractivity contribution < 1.29 is 23.1 Å². The summed E-state index contributed by atoms with van der Waals surface area (Å²) >= 11 is 0. The van der Waals surface area contributed by atoms with Gasteiger partial charge in [-0.3, -0.25) is 9.59 Å². The molecule has 6 nitrogen and oxygen atoms in total. The maximum Gasteiger partial charge on any atom is 0.325 e. The summed E-state index contributed by atoms with van der Waals surface area (Å²) in [6.45, 7) is 1.34. The van der Waals surface area contributed by atoms with Crippen molar-refractivity contribution in [2.24, 2.45) is 5.92 Å². The summed E-state index contributed by atoms with van der Waals surface area (Å²) in [5, 5.41) is 10.8. The quantitative estimate of drug-likeness (QED) is 0.654. The van der Waals surface area contributed by atoms with E-state index in [1.807, 2.05) is 0 Å². The molecule has 0 spiro atoms. The molecule has 0 bridgehead atoms. The van der Waals surface area contributed by atoms with E-state index in [4.69, 9.17) is 5.11 Å². The molecular formula is C8H13NO5S. The molecule has 0 radical (unpaired) electrons. The monoisotopic (exact) mass is 235 g/mol. The third kappa shape index (κ3) is 3.19. The van der Waals surface area contributed by atoms with Crippen LogP contribution in [0.4, 0.5) is 0 Å². The van der Waals surface area contributed by atoms with Gasteiger partial charge in [-0.05, 0) is 13.3 Å². The van der Waals surface area contributed by atoms with Gasteiger partial charge in [0, 0.05) is 0 Å².